The van der Waals surface area contributed by atoms with Crippen LogP contribution >= 0.6 is 0 Å². The van der Waals surface area contributed by atoms with Crippen molar-refractivity contribution in [3.05, 3.63) is 35.9 Å². The molecule has 1 aliphatic heterocycles. The number of rotatable bonds is 11. The second kappa shape index (κ2) is 12.0. The zero-order valence-corrected chi connectivity index (χ0v) is 18.5. The number of amides is 4. The summed E-state index contributed by atoms with van der Waals surface area (Å²) in [6, 6.07) is 5.13. The SMILES string of the molecule is CC(NC(=O)C1CCCN1C(=O)C(CCC(N)=O)NC(=O)C(N)Cc1ccccc1)C(=O)O. The number of aliphatic carboxylic acids is 1. The summed E-state index contributed by atoms with van der Waals surface area (Å²) in [4.78, 5) is 62.1. The lowest BCUT2D eigenvalue weighted by Gasteiger charge is -2.29. The highest BCUT2D eigenvalue weighted by Gasteiger charge is 2.38. The van der Waals surface area contributed by atoms with Crippen molar-refractivity contribution in [3.63, 3.8) is 0 Å². The van der Waals surface area contributed by atoms with Gasteiger partial charge in [-0.15, -0.1) is 0 Å². The predicted molar refractivity (Wildman–Crippen MR) is 118 cm³/mol. The predicted octanol–water partition coefficient (Wildman–Crippen LogP) is -1.11. The van der Waals surface area contributed by atoms with Crippen LogP contribution in [0, 0.1) is 0 Å². The number of nitrogens with zero attached hydrogens (tertiary/aromatic N) is 1. The number of carboxylic acid groups (broad SMARTS) is 1. The normalized spacial score (nSPS) is 18.1. The number of hydrogen-bond donors (Lipinski definition) is 5. The van der Waals surface area contributed by atoms with Gasteiger partial charge in [0.25, 0.3) is 0 Å². The van der Waals surface area contributed by atoms with E-state index in [2.05, 4.69) is 10.6 Å². The maximum atomic E-state index is 13.2. The van der Waals surface area contributed by atoms with Crippen molar-refractivity contribution in [3.8, 4) is 0 Å². The van der Waals surface area contributed by atoms with E-state index in [1.807, 2.05) is 30.3 Å². The lowest BCUT2D eigenvalue weighted by atomic mass is 10.0. The Morgan fingerprint density at radius 1 is 1.15 bits per heavy atom. The molecule has 33 heavy (non-hydrogen) atoms. The average molecular weight is 462 g/mol. The van der Waals surface area contributed by atoms with Crippen LogP contribution in [0.4, 0.5) is 0 Å². The molecule has 7 N–H and O–H groups in total. The number of hydrogen-bond acceptors (Lipinski definition) is 6. The molecule has 0 aromatic heterocycles. The van der Waals surface area contributed by atoms with Gasteiger partial charge in [-0.3, -0.25) is 24.0 Å². The largest absolute Gasteiger partial charge is 0.480 e. The maximum Gasteiger partial charge on any atom is 0.325 e. The average Bonchev–Trinajstić information content (AvgIpc) is 3.26. The van der Waals surface area contributed by atoms with Crippen molar-refractivity contribution in [2.24, 2.45) is 11.5 Å². The fourth-order valence-corrected chi connectivity index (χ4v) is 3.66. The number of carboxylic acids is 1. The fourth-order valence-electron chi connectivity index (χ4n) is 3.66. The van der Waals surface area contributed by atoms with E-state index in [1.54, 1.807) is 0 Å². The summed E-state index contributed by atoms with van der Waals surface area (Å²) in [5.41, 5.74) is 12.1. The lowest BCUT2D eigenvalue weighted by Crippen LogP contribution is -2.56. The number of likely N-dealkylation sites (tertiary alicyclic amines) is 1. The first-order chi connectivity index (χ1) is 15.6. The van der Waals surface area contributed by atoms with E-state index in [9.17, 15) is 24.0 Å². The molecule has 0 radical (unpaired) electrons. The van der Waals surface area contributed by atoms with E-state index in [0.29, 0.717) is 12.8 Å². The van der Waals surface area contributed by atoms with Gasteiger partial charge in [-0.25, -0.2) is 0 Å². The number of carbonyl (C=O) groups is 5. The van der Waals surface area contributed by atoms with Crippen LogP contribution in [0.25, 0.3) is 0 Å². The van der Waals surface area contributed by atoms with Crippen LogP contribution in [-0.2, 0) is 30.4 Å². The topological polar surface area (TPSA) is 185 Å². The standard InChI is InChI=1S/C22H31N5O6/c1-13(22(32)33)25-20(30)17-8-5-11-27(17)21(31)16(9-10-18(24)28)26-19(29)15(23)12-14-6-3-2-4-7-14/h2-4,6-7,13,15-17H,5,8-12,23H2,1H3,(H2,24,28)(H,25,30)(H,26,29)(H,32,33). The highest BCUT2D eigenvalue weighted by molar-refractivity contribution is 5.94. The van der Waals surface area contributed by atoms with Crippen LogP contribution in [0.5, 0.6) is 0 Å². The Morgan fingerprint density at radius 3 is 2.42 bits per heavy atom. The number of nitrogens with two attached hydrogens (primary N) is 2. The van der Waals surface area contributed by atoms with Crippen LogP contribution in [0.3, 0.4) is 0 Å². The van der Waals surface area contributed by atoms with Crippen LogP contribution in [0.2, 0.25) is 0 Å². The number of nitrogens with one attached hydrogen (secondary N) is 2. The molecule has 180 valence electrons. The molecule has 4 atom stereocenters. The van der Waals surface area contributed by atoms with Gasteiger partial charge in [-0.1, -0.05) is 30.3 Å². The molecule has 1 saturated heterocycles. The molecule has 11 heteroatoms. The molecule has 1 heterocycles. The van der Waals surface area contributed by atoms with Gasteiger partial charge in [0.2, 0.25) is 23.6 Å². The molecule has 0 bridgehead atoms. The number of primary amides is 1. The van der Waals surface area contributed by atoms with Crippen LogP contribution in [-0.4, -0.2) is 70.3 Å². The highest BCUT2D eigenvalue weighted by Crippen LogP contribution is 2.20. The van der Waals surface area contributed by atoms with Crippen molar-refractivity contribution in [1.29, 1.82) is 0 Å². The molecule has 2 rings (SSSR count). The zero-order valence-electron chi connectivity index (χ0n) is 18.5. The summed E-state index contributed by atoms with van der Waals surface area (Å²) in [5.74, 6) is -3.53. The Kier molecular flexibility index (Phi) is 9.34. The number of carbonyl (C=O) groups excluding carboxylic acids is 4. The molecule has 0 spiro atoms. The second-order valence-electron chi connectivity index (χ2n) is 8.12. The first kappa shape index (κ1) is 25.8. The Bertz CT molecular complexity index is 877. The first-order valence-electron chi connectivity index (χ1n) is 10.8. The summed E-state index contributed by atoms with van der Waals surface area (Å²) >= 11 is 0. The summed E-state index contributed by atoms with van der Waals surface area (Å²) in [6.45, 7) is 1.59. The van der Waals surface area contributed by atoms with E-state index < -0.39 is 53.8 Å². The molecule has 11 nitrogen and oxygen atoms in total. The molecule has 1 aromatic rings. The first-order valence-corrected chi connectivity index (χ1v) is 10.8. The number of benzene rings is 1. The Morgan fingerprint density at radius 2 is 1.82 bits per heavy atom. The van der Waals surface area contributed by atoms with E-state index >= 15 is 0 Å². The van der Waals surface area contributed by atoms with Gasteiger partial charge in [0.15, 0.2) is 0 Å². The van der Waals surface area contributed by atoms with Gasteiger partial charge in [0.05, 0.1) is 6.04 Å². The Balaban J connectivity index is 2.10. The van der Waals surface area contributed by atoms with Crippen molar-refractivity contribution >= 4 is 29.6 Å². The van der Waals surface area contributed by atoms with Gasteiger partial charge in [-0.05, 0) is 38.2 Å². The van der Waals surface area contributed by atoms with Crippen molar-refractivity contribution in [2.45, 2.75) is 63.2 Å². The minimum Gasteiger partial charge on any atom is -0.480 e. The molecule has 4 amide bonds. The third-order valence-corrected chi connectivity index (χ3v) is 5.50. The van der Waals surface area contributed by atoms with Crippen LogP contribution in [0.15, 0.2) is 30.3 Å². The van der Waals surface area contributed by atoms with Gasteiger partial charge in [0.1, 0.15) is 18.1 Å². The zero-order chi connectivity index (χ0) is 24.5. The minimum atomic E-state index is -1.20. The molecule has 1 fully saturated rings. The second-order valence-corrected chi connectivity index (χ2v) is 8.12. The highest BCUT2D eigenvalue weighted by atomic mass is 16.4. The van der Waals surface area contributed by atoms with Crippen LogP contribution < -0.4 is 22.1 Å². The van der Waals surface area contributed by atoms with Crippen molar-refractivity contribution < 1.29 is 29.1 Å². The third kappa shape index (κ3) is 7.56. The van der Waals surface area contributed by atoms with E-state index in [-0.39, 0.29) is 25.8 Å². The van der Waals surface area contributed by atoms with Crippen molar-refractivity contribution in [2.75, 3.05) is 6.54 Å². The molecular weight excluding hydrogens is 430 g/mol. The molecule has 1 aromatic carbocycles. The molecular formula is C22H31N5O6. The third-order valence-electron chi connectivity index (χ3n) is 5.50. The van der Waals surface area contributed by atoms with E-state index in [0.717, 1.165) is 5.56 Å². The van der Waals surface area contributed by atoms with Gasteiger partial charge < -0.3 is 32.1 Å². The summed E-state index contributed by atoms with van der Waals surface area (Å²) < 4.78 is 0. The Hall–Kier alpha value is -3.47. The summed E-state index contributed by atoms with van der Waals surface area (Å²) in [5, 5.41) is 14.0. The molecule has 4 unspecified atom stereocenters. The summed E-state index contributed by atoms with van der Waals surface area (Å²) in [6.07, 6.45) is 0.953. The lowest BCUT2D eigenvalue weighted by molar-refractivity contribution is -0.144. The maximum absolute atomic E-state index is 13.2. The molecule has 0 aliphatic carbocycles. The Labute approximate surface area is 191 Å². The van der Waals surface area contributed by atoms with E-state index in [4.69, 9.17) is 16.6 Å². The fraction of sp³-hybridized carbons (Fsp3) is 0.500. The minimum absolute atomic E-state index is 0.0473. The summed E-state index contributed by atoms with van der Waals surface area (Å²) in [7, 11) is 0. The van der Waals surface area contributed by atoms with Gasteiger partial charge >= 0.3 is 5.97 Å². The molecule has 0 saturated carbocycles. The quantitative estimate of drug-likeness (QED) is 0.276. The van der Waals surface area contributed by atoms with Crippen LogP contribution in [0.1, 0.15) is 38.2 Å². The van der Waals surface area contributed by atoms with E-state index in [1.165, 1.54) is 11.8 Å². The van der Waals surface area contributed by atoms with Gasteiger partial charge in [0, 0.05) is 13.0 Å². The van der Waals surface area contributed by atoms with Crippen molar-refractivity contribution in [1.82, 2.24) is 15.5 Å². The van der Waals surface area contributed by atoms with Gasteiger partial charge in [-0.2, -0.15) is 0 Å². The smallest absolute Gasteiger partial charge is 0.325 e. The monoisotopic (exact) mass is 461 g/mol. The molecule has 1 aliphatic rings.